The summed E-state index contributed by atoms with van der Waals surface area (Å²) in [6, 6.07) is 17.6. The quantitative estimate of drug-likeness (QED) is 0.569. The van der Waals surface area contributed by atoms with Crippen LogP contribution in [0.3, 0.4) is 0 Å². The molecule has 7 nitrogen and oxygen atoms in total. The number of urea groups is 1. The molecule has 2 N–H and O–H groups in total. The number of aryl methyl sites for hydroxylation is 1. The van der Waals surface area contributed by atoms with E-state index in [1.807, 2.05) is 66.1 Å². The number of carbonyl (C=O) groups excluding carboxylic acids is 2. The number of hydrogen-bond acceptors (Lipinski definition) is 5. The normalized spacial score (nSPS) is 13.8. The molecule has 1 aromatic heterocycles. The predicted octanol–water partition coefficient (Wildman–Crippen LogP) is 4.10. The zero-order valence-corrected chi connectivity index (χ0v) is 18.2. The van der Waals surface area contributed by atoms with Crippen LogP contribution in [0.5, 0.6) is 0 Å². The van der Waals surface area contributed by atoms with Gasteiger partial charge >= 0.3 is 6.03 Å². The van der Waals surface area contributed by atoms with Crippen LogP contribution < -0.4 is 10.6 Å². The molecule has 0 bridgehead atoms. The van der Waals surface area contributed by atoms with Gasteiger partial charge in [-0.1, -0.05) is 72.6 Å². The second-order valence-electron chi connectivity index (χ2n) is 7.63. The van der Waals surface area contributed by atoms with E-state index in [0.717, 1.165) is 42.5 Å². The van der Waals surface area contributed by atoms with Gasteiger partial charge in [0.05, 0.1) is 5.75 Å². The van der Waals surface area contributed by atoms with E-state index in [2.05, 4.69) is 20.8 Å². The maximum absolute atomic E-state index is 12.3. The minimum Gasteiger partial charge on any atom is -0.335 e. The molecule has 3 aromatic rings. The highest BCUT2D eigenvalue weighted by atomic mass is 32.2. The van der Waals surface area contributed by atoms with Gasteiger partial charge in [-0.3, -0.25) is 14.7 Å². The average Bonchev–Trinajstić information content (AvgIpc) is 3.43. The number of nitrogens with one attached hydrogen (secondary N) is 2. The zero-order valence-electron chi connectivity index (χ0n) is 17.4. The van der Waals surface area contributed by atoms with Gasteiger partial charge in [0.2, 0.25) is 5.91 Å². The molecule has 1 fully saturated rings. The summed E-state index contributed by atoms with van der Waals surface area (Å²) in [4.78, 5) is 24.4. The fourth-order valence-corrected chi connectivity index (χ4v) is 4.40. The Morgan fingerprint density at radius 2 is 1.74 bits per heavy atom. The lowest BCUT2D eigenvalue weighted by atomic mass is 10.2. The number of nitrogens with zero attached hydrogens (tertiary/aromatic N) is 3. The molecule has 1 saturated carbocycles. The first-order chi connectivity index (χ1) is 15.1. The predicted molar refractivity (Wildman–Crippen MR) is 121 cm³/mol. The second kappa shape index (κ2) is 9.78. The molecule has 4 rings (SSSR count). The number of amides is 3. The maximum Gasteiger partial charge on any atom is 0.321 e. The summed E-state index contributed by atoms with van der Waals surface area (Å²) in [5.41, 5.74) is 3.00. The van der Waals surface area contributed by atoms with Crippen molar-refractivity contribution >= 4 is 23.7 Å². The maximum atomic E-state index is 12.3. The van der Waals surface area contributed by atoms with Gasteiger partial charge in [-0.25, -0.2) is 4.79 Å². The molecule has 160 valence electrons. The Morgan fingerprint density at radius 3 is 2.45 bits per heavy atom. The molecule has 31 heavy (non-hydrogen) atoms. The minimum atomic E-state index is -0.428. The van der Waals surface area contributed by atoms with Crippen molar-refractivity contribution in [2.45, 2.75) is 43.8 Å². The molecule has 0 aliphatic heterocycles. The summed E-state index contributed by atoms with van der Waals surface area (Å²) < 4.78 is 1.94. The van der Waals surface area contributed by atoms with Crippen molar-refractivity contribution in [3.8, 4) is 17.1 Å². The third-order valence-corrected chi connectivity index (χ3v) is 6.16. The van der Waals surface area contributed by atoms with Gasteiger partial charge in [-0.15, -0.1) is 10.2 Å². The number of rotatable bonds is 6. The molecule has 0 spiro atoms. The highest BCUT2D eigenvalue weighted by Gasteiger charge is 2.20. The van der Waals surface area contributed by atoms with Gasteiger partial charge < -0.3 is 5.32 Å². The average molecular weight is 436 g/mol. The van der Waals surface area contributed by atoms with Crippen molar-refractivity contribution in [2.24, 2.45) is 0 Å². The van der Waals surface area contributed by atoms with Gasteiger partial charge in [0, 0.05) is 17.3 Å². The van der Waals surface area contributed by atoms with E-state index in [1.54, 1.807) is 0 Å². The molecular formula is C23H25N5O2S. The monoisotopic (exact) mass is 435 g/mol. The molecule has 1 heterocycles. The third kappa shape index (κ3) is 5.32. The molecule has 0 atom stereocenters. The van der Waals surface area contributed by atoms with Gasteiger partial charge in [0.1, 0.15) is 0 Å². The molecule has 0 radical (unpaired) electrons. The van der Waals surface area contributed by atoms with E-state index < -0.39 is 6.03 Å². The van der Waals surface area contributed by atoms with Crippen LogP contribution in [0.25, 0.3) is 17.1 Å². The molecule has 0 unspecified atom stereocenters. The topological polar surface area (TPSA) is 88.9 Å². The van der Waals surface area contributed by atoms with E-state index in [1.165, 1.54) is 11.8 Å². The summed E-state index contributed by atoms with van der Waals surface area (Å²) in [7, 11) is 0. The summed E-state index contributed by atoms with van der Waals surface area (Å²) in [5.74, 6) is 0.406. The zero-order chi connectivity index (χ0) is 21.6. The van der Waals surface area contributed by atoms with Crippen molar-refractivity contribution < 1.29 is 9.59 Å². The molecule has 0 saturated heterocycles. The van der Waals surface area contributed by atoms with E-state index in [9.17, 15) is 9.59 Å². The lowest BCUT2D eigenvalue weighted by molar-refractivity contribution is -0.117. The standard InChI is InChI=1S/C23H25N5O2S/c1-16-11-13-19(14-12-16)28-21(17-7-3-2-4-8-17)26-27-23(28)31-15-20(29)25-22(30)24-18-9-5-6-10-18/h2-4,7-8,11-14,18H,5-6,9-10,15H2,1H3,(H2,24,25,29,30). The van der Waals surface area contributed by atoms with Crippen LogP contribution >= 0.6 is 11.8 Å². The van der Waals surface area contributed by atoms with Crippen LogP contribution in [-0.4, -0.2) is 38.5 Å². The van der Waals surface area contributed by atoms with Gasteiger partial charge in [-0.2, -0.15) is 0 Å². The molecule has 8 heteroatoms. The number of hydrogen-bond donors (Lipinski definition) is 2. The Hall–Kier alpha value is -3.13. The number of carbonyl (C=O) groups is 2. The Bertz CT molecular complexity index is 1040. The SMILES string of the molecule is Cc1ccc(-n2c(SCC(=O)NC(=O)NC3CCCC3)nnc2-c2ccccc2)cc1. The lowest BCUT2D eigenvalue weighted by Crippen LogP contribution is -2.44. The van der Waals surface area contributed by atoms with Crippen LogP contribution in [0.15, 0.2) is 59.8 Å². The molecule has 1 aliphatic rings. The van der Waals surface area contributed by atoms with E-state index >= 15 is 0 Å². The van der Waals surface area contributed by atoms with Crippen LogP contribution in [0, 0.1) is 6.92 Å². The van der Waals surface area contributed by atoms with E-state index in [4.69, 9.17) is 0 Å². The van der Waals surface area contributed by atoms with Crippen molar-refractivity contribution in [1.29, 1.82) is 0 Å². The van der Waals surface area contributed by atoms with E-state index in [-0.39, 0.29) is 17.7 Å². The number of benzene rings is 2. The van der Waals surface area contributed by atoms with Crippen LogP contribution in [0.4, 0.5) is 4.79 Å². The minimum absolute atomic E-state index is 0.0663. The van der Waals surface area contributed by atoms with Crippen molar-refractivity contribution in [1.82, 2.24) is 25.4 Å². The lowest BCUT2D eigenvalue weighted by Gasteiger charge is -2.12. The van der Waals surface area contributed by atoms with Crippen LogP contribution in [0.2, 0.25) is 0 Å². The number of thioether (sulfide) groups is 1. The summed E-state index contributed by atoms with van der Waals surface area (Å²) in [6.07, 6.45) is 4.18. The smallest absolute Gasteiger partial charge is 0.321 e. The second-order valence-corrected chi connectivity index (χ2v) is 8.58. The van der Waals surface area contributed by atoms with Crippen molar-refractivity contribution in [3.05, 3.63) is 60.2 Å². The van der Waals surface area contributed by atoms with Gasteiger partial charge in [0.25, 0.3) is 0 Å². The molecule has 1 aliphatic carbocycles. The van der Waals surface area contributed by atoms with Crippen LogP contribution in [0.1, 0.15) is 31.2 Å². The van der Waals surface area contributed by atoms with Gasteiger partial charge in [0.15, 0.2) is 11.0 Å². The summed E-state index contributed by atoms with van der Waals surface area (Å²) >= 11 is 1.25. The highest BCUT2D eigenvalue weighted by molar-refractivity contribution is 7.99. The first kappa shape index (κ1) is 21.1. The van der Waals surface area contributed by atoms with Crippen LogP contribution in [-0.2, 0) is 4.79 Å². The van der Waals surface area contributed by atoms with Gasteiger partial charge in [-0.05, 0) is 31.9 Å². The van der Waals surface area contributed by atoms with E-state index in [0.29, 0.717) is 11.0 Å². The molecule has 2 aromatic carbocycles. The highest BCUT2D eigenvalue weighted by Crippen LogP contribution is 2.28. The fraction of sp³-hybridized carbons (Fsp3) is 0.304. The number of aromatic nitrogens is 3. The first-order valence-corrected chi connectivity index (χ1v) is 11.4. The summed E-state index contributed by atoms with van der Waals surface area (Å²) in [6.45, 7) is 2.03. The molecular weight excluding hydrogens is 410 g/mol. The largest absolute Gasteiger partial charge is 0.335 e. The fourth-order valence-electron chi connectivity index (χ4n) is 3.65. The number of imide groups is 1. The van der Waals surface area contributed by atoms with Crippen molar-refractivity contribution in [3.63, 3.8) is 0 Å². The Balaban J connectivity index is 1.48. The Morgan fingerprint density at radius 1 is 1.03 bits per heavy atom. The Kier molecular flexibility index (Phi) is 6.66. The molecule has 3 amide bonds. The van der Waals surface area contributed by atoms with Crippen molar-refractivity contribution in [2.75, 3.05) is 5.75 Å². The summed E-state index contributed by atoms with van der Waals surface area (Å²) in [5, 5.41) is 14.6. The first-order valence-electron chi connectivity index (χ1n) is 10.4. The Labute approximate surface area is 185 Å². The third-order valence-electron chi connectivity index (χ3n) is 5.23.